The van der Waals surface area contributed by atoms with E-state index >= 15 is 0 Å². The van der Waals surface area contributed by atoms with Gasteiger partial charge in [0, 0.05) is 48.1 Å². The number of rotatable bonds is 4. The average Bonchev–Trinajstić information content (AvgIpc) is 3.49. The quantitative estimate of drug-likeness (QED) is 0.501. The Morgan fingerprint density at radius 3 is 2.72 bits per heavy atom. The van der Waals surface area contributed by atoms with Crippen LogP contribution < -0.4 is 9.47 Å². The van der Waals surface area contributed by atoms with E-state index < -0.39 is 0 Å². The summed E-state index contributed by atoms with van der Waals surface area (Å²) in [4.78, 5) is 18.9. The van der Waals surface area contributed by atoms with Gasteiger partial charge in [-0.05, 0) is 35.2 Å². The molecule has 2 aliphatic heterocycles. The Hall–Kier alpha value is -3.73. The largest absolute Gasteiger partial charge is 0.454 e. The molecule has 1 aromatic heterocycles. The second-order valence-corrected chi connectivity index (χ2v) is 8.46. The number of hydrogen-bond donors (Lipinski definition) is 1. The highest BCUT2D eigenvalue weighted by Crippen LogP contribution is 2.44. The molecule has 1 amide bonds. The number of carbonyl (C=O) groups is 1. The van der Waals surface area contributed by atoms with Gasteiger partial charge in [0.2, 0.25) is 12.7 Å². The zero-order valence-electron chi connectivity index (χ0n) is 17.7. The molecule has 0 spiro atoms. The number of H-pyrrole nitrogens is 1. The van der Waals surface area contributed by atoms with E-state index in [9.17, 15) is 4.79 Å². The second kappa shape index (κ2) is 7.75. The number of nitrogens with one attached hydrogen (secondary N) is 1. The van der Waals surface area contributed by atoms with Crippen molar-refractivity contribution in [2.24, 2.45) is 0 Å². The minimum Gasteiger partial charge on any atom is -0.454 e. The highest BCUT2D eigenvalue weighted by Gasteiger charge is 2.30. The lowest BCUT2D eigenvalue weighted by molar-refractivity contribution is -0.132. The van der Waals surface area contributed by atoms with E-state index in [0.717, 1.165) is 46.5 Å². The first kappa shape index (κ1) is 19.0. The van der Waals surface area contributed by atoms with E-state index in [0.29, 0.717) is 13.0 Å². The van der Waals surface area contributed by atoms with Gasteiger partial charge in [-0.3, -0.25) is 4.79 Å². The van der Waals surface area contributed by atoms with Gasteiger partial charge in [-0.1, -0.05) is 54.6 Å². The second-order valence-electron chi connectivity index (χ2n) is 8.46. The molecule has 0 aliphatic carbocycles. The van der Waals surface area contributed by atoms with Crippen LogP contribution in [0.3, 0.4) is 0 Å². The summed E-state index contributed by atoms with van der Waals surface area (Å²) in [7, 11) is 0. The Kier molecular flexibility index (Phi) is 4.60. The van der Waals surface area contributed by atoms with Crippen LogP contribution in [0.4, 0.5) is 0 Å². The van der Waals surface area contributed by atoms with Crippen molar-refractivity contribution in [2.45, 2.75) is 25.3 Å². The Bertz CT molecular complexity index is 1310. The van der Waals surface area contributed by atoms with Crippen LogP contribution in [0.5, 0.6) is 11.5 Å². The summed E-state index contributed by atoms with van der Waals surface area (Å²) in [6.07, 6.45) is 3.31. The maximum atomic E-state index is 13.6. The van der Waals surface area contributed by atoms with Gasteiger partial charge in [0.1, 0.15) is 0 Å². The molecule has 0 radical (unpaired) electrons. The maximum absolute atomic E-state index is 13.6. The lowest BCUT2D eigenvalue weighted by atomic mass is 9.86. The summed E-state index contributed by atoms with van der Waals surface area (Å²) < 4.78 is 11.5. The molecule has 1 N–H and O–H groups in total. The van der Waals surface area contributed by atoms with Gasteiger partial charge in [0.25, 0.3) is 0 Å². The van der Waals surface area contributed by atoms with Crippen molar-refractivity contribution in [3.63, 3.8) is 0 Å². The number of para-hydroxylation sites is 2. The fourth-order valence-electron chi connectivity index (χ4n) is 5.01. The molecule has 1 atom stereocenters. The lowest BCUT2D eigenvalue weighted by Gasteiger charge is -2.30. The standard InChI is InChI=1S/C27H24N2O3/c30-26(29-13-12-18-6-1-2-7-19(18)16-29)14-22(21-9-5-11-25-27(21)32-17-31-25)23-15-28-24-10-4-3-8-20(23)24/h1-11,15,22,28H,12-14,16-17H2/t22-/m0/s1. The number of carbonyl (C=O) groups excluding carboxylic acids is 1. The molecule has 4 aromatic rings. The maximum Gasteiger partial charge on any atom is 0.231 e. The highest BCUT2D eigenvalue weighted by atomic mass is 16.7. The van der Waals surface area contributed by atoms with Crippen LogP contribution in [0.25, 0.3) is 10.9 Å². The molecule has 3 aromatic carbocycles. The molecule has 0 saturated carbocycles. The number of ether oxygens (including phenoxy) is 2. The molecule has 0 bridgehead atoms. The normalized spacial score (nSPS) is 15.6. The molecule has 0 saturated heterocycles. The SMILES string of the molecule is O=C(C[C@@H](c1cccc2c1OCO2)c1c[nH]c2ccccc12)N1CCc2ccccc2C1. The summed E-state index contributed by atoms with van der Waals surface area (Å²) in [6, 6.07) is 22.6. The van der Waals surface area contributed by atoms with E-state index in [1.165, 1.54) is 11.1 Å². The van der Waals surface area contributed by atoms with Gasteiger partial charge < -0.3 is 19.4 Å². The van der Waals surface area contributed by atoms with Crippen molar-refractivity contribution in [3.8, 4) is 11.5 Å². The smallest absolute Gasteiger partial charge is 0.231 e. The molecule has 3 heterocycles. The number of aromatic amines is 1. The number of amides is 1. The van der Waals surface area contributed by atoms with Crippen molar-refractivity contribution >= 4 is 16.8 Å². The Morgan fingerprint density at radius 2 is 1.78 bits per heavy atom. The first-order valence-electron chi connectivity index (χ1n) is 11.1. The predicted molar refractivity (Wildman–Crippen MR) is 123 cm³/mol. The minimum absolute atomic E-state index is 0.132. The third kappa shape index (κ3) is 3.21. The number of benzene rings is 3. The van der Waals surface area contributed by atoms with Crippen LogP contribution in [0.2, 0.25) is 0 Å². The summed E-state index contributed by atoms with van der Waals surface area (Å²) in [6.45, 7) is 1.63. The van der Waals surface area contributed by atoms with Crippen LogP contribution >= 0.6 is 0 Å². The summed E-state index contributed by atoms with van der Waals surface area (Å²) in [5.74, 6) is 1.52. The highest BCUT2D eigenvalue weighted by molar-refractivity contribution is 5.86. The van der Waals surface area contributed by atoms with Crippen molar-refractivity contribution in [2.75, 3.05) is 13.3 Å². The molecule has 0 unspecified atom stereocenters. The van der Waals surface area contributed by atoms with Gasteiger partial charge in [-0.15, -0.1) is 0 Å². The van der Waals surface area contributed by atoms with Gasteiger partial charge in [0.05, 0.1) is 0 Å². The van der Waals surface area contributed by atoms with E-state index in [1.54, 1.807) is 0 Å². The van der Waals surface area contributed by atoms with Crippen molar-refractivity contribution in [1.29, 1.82) is 0 Å². The summed E-state index contributed by atoms with van der Waals surface area (Å²) in [5, 5.41) is 1.13. The summed E-state index contributed by atoms with van der Waals surface area (Å²) >= 11 is 0. The van der Waals surface area contributed by atoms with Gasteiger partial charge in [-0.2, -0.15) is 0 Å². The monoisotopic (exact) mass is 424 g/mol. The zero-order valence-corrected chi connectivity index (χ0v) is 17.7. The van der Waals surface area contributed by atoms with Crippen molar-refractivity contribution < 1.29 is 14.3 Å². The number of hydrogen-bond acceptors (Lipinski definition) is 3. The molecule has 160 valence electrons. The van der Waals surface area contributed by atoms with Crippen LogP contribution in [0.15, 0.2) is 72.9 Å². The Labute approximate surface area is 186 Å². The fraction of sp³-hybridized carbons (Fsp3) is 0.222. The molecule has 0 fully saturated rings. The molecule has 6 rings (SSSR count). The minimum atomic E-state index is -0.132. The third-order valence-corrected chi connectivity index (χ3v) is 6.66. The number of aromatic nitrogens is 1. The van der Waals surface area contributed by atoms with E-state index in [1.807, 2.05) is 41.4 Å². The lowest BCUT2D eigenvalue weighted by Crippen LogP contribution is -2.36. The molecule has 5 nitrogen and oxygen atoms in total. The van der Waals surface area contributed by atoms with E-state index in [2.05, 4.69) is 41.4 Å². The van der Waals surface area contributed by atoms with E-state index in [-0.39, 0.29) is 18.6 Å². The van der Waals surface area contributed by atoms with E-state index in [4.69, 9.17) is 9.47 Å². The number of nitrogens with zero attached hydrogens (tertiary/aromatic N) is 1. The Balaban J connectivity index is 1.37. The first-order valence-corrected chi connectivity index (χ1v) is 11.1. The van der Waals surface area contributed by atoms with Crippen LogP contribution in [0.1, 0.15) is 34.6 Å². The summed E-state index contributed by atoms with van der Waals surface area (Å²) in [5.41, 5.74) is 5.76. The molecule has 5 heteroatoms. The average molecular weight is 425 g/mol. The topological polar surface area (TPSA) is 54.6 Å². The predicted octanol–water partition coefficient (Wildman–Crippen LogP) is 5.00. The van der Waals surface area contributed by atoms with Crippen LogP contribution in [0, 0.1) is 0 Å². The van der Waals surface area contributed by atoms with Crippen LogP contribution in [-0.2, 0) is 17.8 Å². The zero-order chi connectivity index (χ0) is 21.5. The van der Waals surface area contributed by atoms with Gasteiger partial charge in [0.15, 0.2) is 11.5 Å². The first-order chi connectivity index (χ1) is 15.8. The van der Waals surface area contributed by atoms with Crippen LogP contribution in [-0.4, -0.2) is 29.1 Å². The molecule has 2 aliphatic rings. The molecular formula is C27H24N2O3. The van der Waals surface area contributed by atoms with Gasteiger partial charge >= 0.3 is 0 Å². The van der Waals surface area contributed by atoms with Crippen molar-refractivity contribution in [3.05, 3.63) is 95.2 Å². The third-order valence-electron chi connectivity index (χ3n) is 6.66. The fourth-order valence-corrected chi connectivity index (χ4v) is 5.01. The Morgan fingerprint density at radius 1 is 0.938 bits per heavy atom. The van der Waals surface area contributed by atoms with Gasteiger partial charge in [-0.25, -0.2) is 0 Å². The van der Waals surface area contributed by atoms with Crippen molar-refractivity contribution in [1.82, 2.24) is 9.88 Å². The molecular weight excluding hydrogens is 400 g/mol. The number of fused-ring (bicyclic) bond motifs is 3. The molecule has 32 heavy (non-hydrogen) atoms.